The molecule has 1 heterocycles. The Bertz CT molecular complexity index is 1120. The molecule has 1 saturated heterocycles. The monoisotopic (exact) mass is 600 g/mol. The van der Waals surface area contributed by atoms with Gasteiger partial charge >= 0.3 is 12.2 Å². The first kappa shape index (κ1) is 36.3. The molecule has 9 heteroatoms. The number of nitriles is 1. The predicted molar refractivity (Wildman–Crippen MR) is 170 cm³/mol. The maximum atomic E-state index is 13.9. The number of amides is 2. The van der Waals surface area contributed by atoms with E-state index in [1.54, 1.807) is 11.1 Å². The van der Waals surface area contributed by atoms with Gasteiger partial charge in [0.2, 0.25) is 0 Å². The van der Waals surface area contributed by atoms with Gasteiger partial charge in [-0.25, -0.2) is 9.59 Å². The number of hydrogen-bond acceptors (Lipinski definition) is 7. The zero-order valence-corrected chi connectivity index (χ0v) is 28.3. The summed E-state index contributed by atoms with van der Waals surface area (Å²) in [6.07, 6.45) is 9.92. The van der Waals surface area contributed by atoms with Crippen LogP contribution in [0.2, 0.25) is 0 Å². The number of aliphatic hydroxyl groups excluding tert-OH is 1. The lowest BCUT2D eigenvalue weighted by atomic mass is 9.70. The lowest BCUT2D eigenvalue weighted by molar-refractivity contribution is 0.0116. The van der Waals surface area contributed by atoms with Crippen molar-refractivity contribution >= 4 is 18.4 Å². The molecule has 2 aliphatic rings. The molecule has 2 fully saturated rings. The zero-order valence-electron chi connectivity index (χ0n) is 28.3. The normalized spacial score (nSPS) is 20.6. The van der Waals surface area contributed by atoms with Crippen molar-refractivity contribution in [1.29, 1.82) is 10.7 Å². The number of unbranched alkanes of at least 4 members (excludes halogenated alkanes) is 1. The molecule has 9 nitrogen and oxygen atoms in total. The number of allylic oxidation sites excluding steroid dienone is 1. The number of hydrogen-bond donors (Lipinski definition) is 2. The minimum Gasteiger partial charge on any atom is -0.444 e. The number of rotatable bonds is 12. The van der Waals surface area contributed by atoms with E-state index in [2.05, 4.69) is 12.1 Å². The Morgan fingerprint density at radius 2 is 1.67 bits per heavy atom. The summed E-state index contributed by atoms with van der Waals surface area (Å²) in [7, 11) is 0. The molecular formula is C34H56N4O5. The number of carbonyl (C=O) groups excluding carboxylic acids is 2. The number of likely N-dealkylation sites (tertiary alicyclic amines) is 1. The van der Waals surface area contributed by atoms with E-state index in [1.165, 1.54) is 11.1 Å². The Labute approximate surface area is 259 Å². The van der Waals surface area contributed by atoms with Crippen LogP contribution in [0.4, 0.5) is 9.59 Å². The summed E-state index contributed by atoms with van der Waals surface area (Å²) in [6.45, 7) is 19.5. The summed E-state index contributed by atoms with van der Waals surface area (Å²) >= 11 is 0. The third kappa shape index (κ3) is 9.07. The van der Waals surface area contributed by atoms with Crippen molar-refractivity contribution in [3.8, 4) is 6.07 Å². The highest BCUT2D eigenvalue weighted by atomic mass is 16.6. The van der Waals surface area contributed by atoms with E-state index in [1.807, 2.05) is 69.2 Å². The van der Waals surface area contributed by atoms with Crippen molar-refractivity contribution in [2.45, 2.75) is 143 Å². The highest BCUT2D eigenvalue weighted by Gasteiger charge is 2.50. The molecule has 2 atom stereocenters. The maximum absolute atomic E-state index is 13.9. The van der Waals surface area contributed by atoms with E-state index in [9.17, 15) is 20.0 Å². The SMILES string of the molecule is CC/C(=C\N(C(=O)OC(C)(C)C)C(C)(C=N)C(C)(C)/C=C(\CCCCO)[C@@H]1CCCN1C(=O)OC(C)(C)C)C1(C#N)CC1. The molecule has 1 unspecified atom stereocenters. The van der Waals surface area contributed by atoms with Gasteiger partial charge in [0.25, 0.3) is 0 Å². The summed E-state index contributed by atoms with van der Waals surface area (Å²) < 4.78 is 11.6. The first-order valence-electron chi connectivity index (χ1n) is 15.8. The van der Waals surface area contributed by atoms with Crippen LogP contribution in [0.15, 0.2) is 23.4 Å². The average Bonchev–Trinajstić information content (AvgIpc) is 3.52. The van der Waals surface area contributed by atoms with Gasteiger partial charge in [-0.3, -0.25) is 4.90 Å². The Kier molecular flexibility index (Phi) is 11.7. The van der Waals surface area contributed by atoms with Gasteiger partial charge < -0.3 is 24.9 Å². The molecule has 0 spiro atoms. The Morgan fingerprint density at radius 1 is 1.07 bits per heavy atom. The third-order valence-electron chi connectivity index (χ3n) is 8.65. The summed E-state index contributed by atoms with van der Waals surface area (Å²) in [4.78, 5) is 30.4. The highest BCUT2D eigenvalue weighted by Crippen LogP contribution is 2.53. The fourth-order valence-electron chi connectivity index (χ4n) is 5.67. The lowest BCUT2D eigenvalue weighted by Gasteiger charge is -2.47. The van der Waals surface area contributed by atoms with Gasteiger partial charge in [0.1, 0.15) is 11.2 Å². The average molecular weight is 601 g/mol. The summed E-state index contributed by atoms with van der Waals surface area (Å²) in [5.41, 5.74) is -2.09. The largest absolute Gasteiger partial charge is 0.444 e. The second-order valence-electron chi connectivity index (χ2n) is 14.8. The van der Waals surface area contributed by atoms with Crippen LogP contribution in [0.25, 0.3) is 0 Å². The molecule has 43 heavy (non-hydrogen) atoms. The number of carbonyl (C=O) groups is 2. The first-order chi connectivity index (χ1) is 19.8. The molecule has 1 aliphatic heterocycles. The van der Waals surface area contributed by atoms with E-state index in [4.69, 9.17) is 14.9 Å². The van der Waals surface area contributed by atoms with Crippen LogP contribution in [-0.2, 0) is 9.47 Å². The van der Waals surface area contributed by atoms with Crippen molar-refractivity contribution in [2.24, 2.45) is 10.8 Å². The fourth-order valence-corrected chi connectivity index (χ4v) is 5.67. The summed E-state index contributed by atoms with van der Waals surface area (Å²) in [6, 6.07) is 2.26. The van der Waals surface area contributed by atoms with E-state index in [0.717, 1.165) is 43.3 Å². The molecule has 1 saturated carbocycles. The van der Waals surface area contributed by atoms with Crippen LogP contribution in [0.5, 0.6) is 0 Å². The molecule has 2 amide bonds. The molecule has 0 aromatic rings. The maximum Gasteiger partial charge on any atom is 0.415 e. The highest BCUT2D eigenvalue weighted by molar-refractivity contribution is 5.80. The number of ether oxygens (including phenoxy) is 2. The van der Waals surface area contributed by atoms with Crippen molar-refractivity contribution in [3.63, 3.8) is 0 Å². The van der Waals surface area contributed by atoms with Crippen molar-refractivity contribution in [1.82, 2.24) is 9.80 Å². The van der Waals surface area contributed by atoms with Crippen LogP contribution in [0.3, 0.4) is 0 Å². The van der Waals surface area contributed by atoms with Crippen LogP contribution in [0, 0.1) is 27.6 Å². The standard InChI is InChI=1S/C34H56N4O5/c1-11-26(34(24-36)17-18-34)22-38(29(41)43-31(5,6)7)33(10,23-35)32(8,9)21-25(15-12-13-20-39)27-16-14-19-37(27)28(40)42-30(2,3)4/h21-23,27,35,39H,11-20H2,1-10H3/b25-21+,26-22+,35-23?/t27-,33?/m0/s1. The zero-order chi connectivity index (χ0) is 32.9. The molecular weight excluding hydrogens is 544 g/mol. The van der Waals surface area contributed by atoms with Gasteiger partial charge in [0, 0.05) is 31.0 Å². The molecule has 0 bridgehead atoms. The van der Waals surface area contributed by atoms with Crippen molar-refractivity contribution in [2.75, 3.05) is 13.2 Å². The van der Waals surface area contributed by atoms with Crippen LogP contribution >= 0.6 is 0 Å². The van der Waals surface area contributed by atoms with Crippen molar-refractivity contribution in [3.05, 3.63) is 23.4 Å². The van der Waals surface area contributed by atoms with Crippen molar-refractivity contribution < 1.29 is 24.2 Å². The lowest BCUT2D eigenvalue weighted by Crippen LogP contribution is -2.58. The summed E-state index contributed by atoms with van der Waals surface area (Å²) in [5.74, 6) is 0. The second kappa shape index (κ2) is 13.8. The quantitative estimate of drug-likeness (QED) is 0.134. The van der Waals surface area contributed by atoms with Gasteiger partial charge in [-0.15, -0.1) is 0 Å². The van der Waals surface area contributed by atoms with Gasteiger partial charge in [-0.05, 0) is 105 Å². The smallest absolute Gasteiger partial charge is 0.415 e. The topological polar surface area (TPSA) is 127 Å². The van der Waals surface area contributed by atoms with Gasteiger partial charge in [0.05, 0.1) is 23.1 Å². The Balaban J connectivity index is 2.67. The fraction of sp³-hybridized carbons (Fsp3) is 0.765. The molecule has 1 aliphatic carbocycles. The Morgan fingerprint density at radius 3 is 2.14 bits per heavy atom. The second-order valence-corrected chi connectivity index (χ2v) is 14.8. The van der Waals surface area contributed by atoms with E-state index in [-0.39, 0.29) is 18.7 Å². The predicted octanol–water partition coefficient (Wildman–Crippen LogP) is 7.74. The van der Waals surface area contributed by atoms with Gasteiger partial charge in [-0.2, -0.15) is 5.26 Å². The van der Waals surface area contributed by atoms with E-state index >= 15 is 0 Å². The molecule has 2 rings (SSSR count). The minimum absolute atomic E-state index is 0.0764. The number of nitrogens with zero attached hydrogens (tertiary/aromatic N) is 3. The molecule has 0 aromatic heterocycles. The van der Waals surface area contributed by atoms with Gasteiger partial charge in [-0.1, -0.05) is 32.4 Å². The van der Waals surface area contributed by atoms with E-state index < -0.39 is 33.7 Å². The molecule has 0 aromatic carbocycles. The van der Waals surface area contributed by atoms with Gasteiger partial charge in [0.15, 0.2) is 0 Å². The van der Waals surface area contributed by atoms with E-state index in [0.29, 0.717) is 25.8 Å². The first-order valence-corrected chi connectivity index (χ1v) is 15.8. The molecule has 242 valence electrons. The molecule has 2 N–H and O–H groups in total. The van der Waals surface area contributed by atoms with Crippen LogP contribution in [0.1, 0.15) is 121 Å². The number of nitrogens with one attached hydrogen (secondary N) is 1. The minimum atomic E-state index is -1.18. The Hall–Kier alpha value is -2.86. The van der Waals surface area contributed by atoms with Crippen LogP contribution in [-0.4, -0.2) is 69.2 Å². The third-order valence-corrected chi connectivity index (χ3v) is 8.65. The summed E-state index contributed by atoms with van der Waals surface area (Å²) in [5, 5.41) is 28.2. The molecule has 0 radical (unpaired) electrons. The van der Waals surface area contributed by atoms with Crippen LogP contribution < -0.4 is 0 Å². The number of aliphatic hydroxyl groups is 1.